The fourth-order valence-corrected chi connectivity index (χ4v) is 1.64. The monoisotopic (exact) mass is 279 g/mol. The lowest BCUT2D eigenvalue weighted by Crippen LogP contribution is -2.29. The quantitative estimate of drug-likeness (QED) is 0.570. The van der Waals surface area contributed by atoms with Crippen molar-refractivity contribution in [2.75, 3.05) is 31.6 Å². The summed E-state index contributed by atoms with van der Waals surface area (Å²) in [5.41, 5.74) is 6.49. The number of nitrogens with one attached hydrogen (secondary N) is 2. The molecule has 0 aliphatic rings. The number of rotatable bonds is 10. The summed E-state index contributed by atoms with van der Waals surface area (Å²) in [6.07, 6.45) is 3.02. The average molecular weight is 279 g/mol. The summed E-state index contributed by atoms with van der Waals surface area (Å²) < 4.78 is 5.41. The van der Waals surface area contributed by atoms with Gasteiger partial charge < -0.3 is 21.1 Å². The number of amides is 1. The molecule has 112 valence electrons. The van der Waals surface area contributed by atoms with Crippen LogP contribution in [0.25, 0.3) is 0 Å². The lowest BCUT2D eigenvalue weighted by atomic mass is 10.2. The Morgan fingerprint density at radius 1 is 1.20 bits per heavy atom. The van der Waals surface area contributed by atoms with E-state index in [1.54, 1.807) is 0 Å². The average Bonchev–Trinajstić information content (AvgIpc) is 2.48. The van der Waals surface area contributed by atoms with Crippen LogP contribution in [0.1, 0.15) is 26.2 Å². The number of carbonyl (C=O) groups excluding carboxylic acids is 1. The molecular weight excluding hydrogens is 254 g/mol. The van der Waals surface area contributed by atoms with Crippen molar-refractivity contribution in [3.8, 4) is 5.75 Å². The molecule has 0 saturated carbocycles. The second kappa shape index (κ2) is 10.1. The molecule has 0 saturated heterocycles. The number of benzene rings is 1. The summed E-state index contributed by atoms with van der Waals surface area (Å²) in [4.78, 5) is 11.4. The molecule has 0 aliphatic heterocycles. The molecule has 1 rings (SSSR count). The number of carbonyl (C=O) groups is 1. The van der Waals surface area contributed by atoms with E-state index in [0.717, 1.165) is 38.0 Å². The van der Waals surface area contributed by atoms with Gasteiger partial charge in [0.15, 0.2) is 6.61 Å². The van der Waals surface area contributed by atoms with Gasteiger partial charge in [-0.15, -0.1) is 0 Å². The largest absolute Gasteiger partial charge is 0.484 e. The fraction of sp³-hybridized carbons (Fsp3) is 0.533. The Bertz CT molecular complexity index is 379. The van der Waals surface area contributed by atoms with Crippen LogP contribution in [0.2, 0.25) is 0 Å². The fourth-order valence-electron chi connectivity index (χ4n) is 1.64. The number of anilines is 1. The summed E-state index contributed by atoms with van der Waals surface area (Å²) in [6, 6.07) is 7.61. The van der Waals surface area contributed by atoms with Crippen LogP contribution in [-0.2, 0) is 4.79 Å². The maximum absolute atomic E-state index is 11.4. The summed E-state index contributed by atoms with van der Waals surface area (Å²) in [7, 11) is 0. The van der Waals surface area contributed by atoms with Crippen molar-refractivity contribution in [1.82, 2.24) is 5.32 Å². The molecule has 0 spiro atoms. The summed E-state index contributed by atoms with van der Waals surface area (Å²) >= 11 is 0. The van der Waals surface area contributed by atoms with Crippen LogP contribution in [0.4, 0.5) is 5.69 Å². The van der Waals surface area contributed by atoms with E-state index < -0.39 is 0 Å². The van der Waals surface area contributed by atoms with Crippen molar-refractivity contribution in [1.29, 1.82) is 0 Å². The Balaban J connectivity index is 2.26. The Morgan fingerprint density at radius 3 is 2.60 bits per heavy atom. The van der Waals surface area contributed by atoms with Gasteiger partial charge in [-0.3, -0.25) is 4.79 Å². The summed E-state index contributed by atoms with van der Waals surface area (Å²) in [5, 5.41) is 6.08. The topological polar surface area (TPSA) is 76.4 Å². The first kappa shape index (κ1) is 16.3. The molecule has 0 atom stereocenters. The van der Waals surface area contributed by atoms with Gasteiger partial charge in [-0.2, -0.15) is 0 Å². The highest BCUT2D eigenvalue weighted by atomic mass is 16.5. The zero-order chi connectivity index (χ0) is 14.6. The third kappa shape index (κ3) is 6.99. The predicted octanol–water partition coefficient (Wildman–Crippen LogP) is 1.74. The Hall–Kier alpha value is -1.75. The molecule has 5 heteroatoms. The standard InChI is InChI=1S/C15H25N3O2/c1-2-10-18-15(19)12-20-14-7-5-13(6-8-14)17-11-4-3-9-16/h5-8,17H,2-4,9-12,16H2,1H3,(H,18,19). The molecule has 0 heterocycles. The molecule has 0 bridgehead atoms. The zero-order valence-electron chi connectivity index (χ0n) is 12.2. The molecular formula is C15H25N3O2. The van der Waals surface area contributed by atoms with E-state index in [4.69, 9.17) is 10.5 Å². The second-order valence-corrected chi connectivity index (χ2v) is 4.59. The number of hydrogen-bond acceptors (Lipinski definition) is 4. The molecule has 0 aliphatic carbocycles. The van der Waals surface area contributed by atoms with E-state index >= 15 is 0 Å². The second-order valence-electron chi connectivity index (χ2n) is 4.59. The maximum Gasteiger partial charge on any atom is 0.257 e. The van der Waals surface area contributed by atoms with E-state index in [1.807, 2.05) is 31.2 Å². The van der Waals surface area contributed by atoms with E-state index in [9.17, 15) is 4.79 Å². The highest BCUT2D eigenvalue weighted by Crippen LogP contribution is 2.15. The first-order valence-electron chi connectivity index (χ1n) is 7.19. The molecule has 0 fully saturated rings. The van der Waals surface area contributed by atoms with E-state index in [2.05, 4.69) is 10.6 Å². The first-order chi connectivity index (χ1) is 9.76. The van der Waals surface area contributed by atoms with Crippen LogP contribution in [0, 0.1) is 0 Å². The molecule has 1 amide bonds. The van der Waals surface area contributed by atoms with Gasteiger partial charge in [-0.1, -0.05) is 6.92 Å². The summed E-state index contributed by atoms with van der Waals surface area (Å²) in [6.45, 7) is 4.41. The highest BCUT2D eigenvalue weighted by molar-refractivity contribution is 5.77. The van der Waals surface area contributed by atoms with Crippen molar-refractivity contribution in [3.05, 3.63) is 24.3 Å². The van der Waals surface area contributed by atoms with Crippen LogP contribution in [0.3, 0.4) is 0 Å². The molecule has 20 heavy (non-hydrogen) atoms. The smallest absolute Gasteiger partial charge is 0.257 e. The van der Waals surface area contributed by atoms with E-state index in [0.29, 0.717) is 12.3 Å². The number of unbranched alkanes of at least 4 members (excludes halogenated alkanes) is 1. The normalized spacial score (nSPS) is 10.1. The van der Waals surface area contributed by atoms with Gasteiger partial charge in [-0.25, -0.2) is 0 Å². The SMILES string of the molecule is CCCNC(=O)COc1ccc(NCCCCN)cc1. The van der Waals surface area contributed by atoms with Crippen molar-refractivity contribution in [2.24, 2.45) is 5.73 Å². The van der Waals surface area contributed by atoms with Gasteiger partial charge in [0.05, 0.1) is 0 Å². The van der Waals surface area contributed by atoms with Crippen LogP contribution in [0.5, 0.6) is 5.75 Å². The third-order valence-electron chi connectivity index (χ3n) is 2.76. The van der Waals surface area contributed by atoms with Gasteiger partial charge in [0.2, 0.25) is 0 Å². The van der Waals surface area contributed by atoms with Crippen molar-refractivity contribution >= 4 is 11.6 Å². The third-order valence-corrected chi connectivity index (χ3v) is 2.76. The minimum absolute atomic E-state index is 0.0588. The van der Waals surface area contributed by atoms with E-state index in [-0.39, 0.29) is 12.5 Å². The molecule has 0 aromatic heterocycles. The van der Waals surface area contributed by atoms with Gasteiger partial charge in [0.1, 0.15) is 5.75 Å². The van der Waals surface area contributed by atoms with Crippen LogP contribution >= 0.6 is 0 Å². The van der Waals surface area contributed by atoms with Gasteiger partial charge >= 0.3 is 0 Å². The number of hydrogen-bond donors (Lipinski definition) is 3. The Kier molecular flexibility index (Phi) is 8.22. The predicted molar refractivity (Wildman–Crippen MR) is 82.0 cm³/mol. The minimum Gasteiger partial charge on any atom is -0.484 e. The number of ether oxygens (including phenoxy) is 1. The maximum atomic E-state index is 11.4. The van der Waals surface area contributed by atoms with Gasteiger partial charge in [-0.05, 0) is 50.1 Å². The highest BCUT2D eigenvalue weighted by Gasteiger charge is 2.01. The Morgan fingerprint density at radius 2 is 1.95 bits per heavy atom. The minimum atomic E-state index is -0.0872. The molecule has 0 unspecified atom stereocenters. The van der Waals surface area contributed by atoms with Crippen molar-refractivity contribution in [2.45, 2.75) is 26.2 Å². The lowest BCUT2D eigenvalue weighted by molar-refractivity contribution is -0.123. The lowest BCUT2D eigenvalue weighted by Gasteiger charge is -2.09. The van der Waals surface area contributed by atoms with Crippen LogP contribution in [-0.4, -0.2) is 32.1 Å². The molecule has 1 aromatic rings. The zero-order valence-corrected chi connectivity index (χ0v) is 12.2. The molecule has 5 nitrogen and oxygen atoms in total. The molecule has 0 radical (unpaired) electrons. The van der Waals surface area contributed by atoms with E-state index in [1.165, 1.54) is 0 Å². The number of nitrogens with two attached hydrogens (primary N) is 1. The molecule has 4 N–H and O–H groups in total. The van der Waals surface area contributed by atoms with Crippen LogP contribution < -0.4 is 21.1 Å². The van der Waals surface area contributed by atoms with Gasteiger partial charge in [0.25, 0.3) is 5.91 Å². The first-order valence-corrected chi connectivity index (χ1v) is 7.19. The van der Waals surface area contributed by atoms with Gasteiger partial charge in [0, 0.05) is 18.8 Å². The van der Waals surface area contributed by atoms with Crippen LogP contribution in [0.15, 0.2) is 24.3 Å². The Labute approximate surface area is 120 Å². The van der Waals surface area contributed by atoms with Crippen molar-refractivity contribution < 1.29 is 9.53 Å². The summed E-state index contributed by atoms with van der Waals surface area (Å²) in [5.74, 6) is 0.611. The van der Waals surface area contributed by atoms with Crippen molar-refractivity contribution in [3.63, 3.8) is 0 Å². The molecule has 1 aromatic carbocycles.